The molecule has 1 saturated heterocycles. The van der Waals surface area contributed by atoms with Crippen LogP contribution in [0.4, 0.5) is 5.13 Å². The zero-order valence-corrected chi connectivity index (χ0v) is 24.7. The number of hydrogen-bond donors (Lipinski definition) is 0. The van der Waals surface area contributed by atoms with Gasteiger partial charge in [-0.05, 0) is 101 Å². The van der Waals surface area contributed by atoms with Crippen LogP contribution in [0.2, 0.25) is 0 Å². The number of hydrogen-bond acceptors (Lipinski definition) is 6. The summed E-state index contributed by atoms with van der Waals surface area (Å²) < 4.78 is 28.9. The first kappa shape index (κ1) is 29.5. The first-order valence-electron chi connectivity index (χ1n) is 12.5. The van der Waals surface area contributed by atoms with Crippen molar-refractivity contribution in [3.8, 4) is 0 Å². The predicted octanol–water partition coefficient (Wildman–Crippen LogP) is 5.35. The van der Waals surface area contributed by atoms with Gasteiger partial charge in [-0.25, -0.2) is 13.4 Å². The van der Waals surface area contributed by atoms with Crippen LogP contribution in [-0.4, -0.2) is 68.8 Å². The fraction of sp³-hybridized carbons (Fsp3) is 0.481. The van der Waals surface area contributed by atoms with Crippen molar-refractivity contribution in [3.63, 3.8) is 0 Å². The van der Waals surface area contributed by atoms with E-state index in [0.717, 1.165) is 47.2 Å². The van der Waals surface area contributed by atoms with Gasteiger partial charge in [-0.3, -0.25) is 9.69 Å². The Labute approximate surface area is 230 Å². The van der Waals surface area contributed by atoms with E-state index < -0.39 is 10.0 Å². The van der Waals surface area contributed by atoms with Gasteiger partial charge in [-0.2, -0.15) is 4.31 Å². The number of anilines is 1. The summed E-state index contributed by atoms with van der Waals surface area (Å²) in [6, 6.07) is 10.6. The average Bonchev–Trinajstić information content (AvgIpc) is 3.25. The Balaban J connectivity index is 0.00000380. The molecule has 1 aliphatic rings. The fourth-order valence-electron chi connectivity index (χ4n) is 4.61. The number of rotatable bonds is 8. The van der Waals surface area contributed by atoms with Gasteiger partial charge in [-0.1, -0.05) is 24.3 Å². The number of sulfonamides is 1. The summed E-state index contributed by atoms with van der Waals surface area (Å²) in [7, 11) is 0.466. The highest BCUT2D eigenvalue weighted by Crippen LogP contribution is 2.33. The third kappa shape index (κ3) is 6.70. The monoisotopic (exact) mass is 564 g/mol. The van der Waals surface area contributed by atoms with Crippen LogP contribution in [0, 0.1) is 19.8 Å². The van der Waals surface area contributed by atoms with Crippen LogP contribution < -0.4 is 4.90 Å². The summed E-state index contributed by atoms with van der Waals surface area (Å²) in [5, 5.41) is 0.668. The van der Waals surface area contributed by atoms with E-state index >= 15 is 0 Å². The lowest BCUT2D eigenvalue weighted by molar-refractivity contribution is 0.0986. The number of fused-ring (bicyclic) bond motifs is 1. The molecule has 0 spiro atoms. The Morgan fingerprint density at radius 1 is 1.08 bits per heavy atom. The number of thiazole rings is 1. The number of piperidine rings is 1. The molecule has 37 heavy (non-hydrogen) atoms. The van der Waals surface area contributed by atoms with Crippen LogP contribution in [0.3, 0.4) is 0 Å². The maximum atomic E-state index is 13.7. The number of nitrogens with zero attached hydrogens (tertiary/aromatic N) is 4. The highest BCUT2D eigenvalue weighted by molar-refractivity contribution is 7.89. The molecular weight excluding hydrogens is 528 g/mol. The van der Waals surface area contributed by atoms with Crippen molar-refractivity contribution in [2.45, 2.75) is 44.9 Å². The van der Waals surface area contributed by atoms with E-state index in [1.165, 1.54) is 11.3 Å². The second kappa shape index (κ2) is 12.2. The van der Waals surface area contributed by atoms with Crippen molar-refractivity contribution in [3.05, 3.63) is 53.1 Å². The number of carbonyl (C=O) groups excluding carboxylic acids is 1. The van der Waals surface area contributed by atoms with E-state index in [1.807, 2.05) is 27.1 Å². The Morgan fingerprint density at radius 2 is 1.73 bits per heavy atom. The fourth-order valence-corrected chi connectivity index (χ4v) is 7.12. The highest BCUT2D eigenvalue weighted by atomic mass is 35.5. The van der Waals surface area contributed by atoms with Gasteiger partial charge in [0, 0.05) is 25.2 Å². The standard InChI is InChI=1S/C27H36N4O3S2.ClH/c1-19-11-15-30(16-12-19)36(33,34)23-9-7-22(8-10-23)26(32)31(14-6-13-29(4)5)27-28-24-18-20(2)17-21(3)25(24)35-27;/h7-10,17-19H,6,11-16H2,1-5H3;1H. The molecule has 2 aromatic carbocycles. The van der Waals surface area contributed by atoms with Crippen molar-refractivity contribution in [1.82, 2.24) is 14.2 Å². The number of halogens is 1. The molecule has 0 bridgehead atoms. The Morgan fingerprint density at radius 3 is 2.35 bits per heavy atom. The van der Waals surface area contributed by atoms with E-state index in [1.54, 1.807) is 33.5 Å². The summed E-state index contributed by atoms with van der Waals surface area (Å²) in [5.41, 5.74) is 3.65. The molecule has 1 fully saturated rings. The van der Waals surface area contributed by atoms with Crippen molar-refractivity contribution in [2.24, 2.45) is 5.92 Å². The van der Waals surface area contributed by atoms with Gasteiger partial charge in [-0.15, -0.1) is 12.4 Å². The lowest BCUT2D eigenvalue weighted by atomic mass is 10.0. The molecule has 0 atom stereocenters. The quantitative estimate of drug-likeness (QED) is 0.368. The Bertz CT molecular complexity index is 1330. The molecule has 0 N–H and O–H groups in total. The number of aryl methyl sites for hydroxylation is 2. The molecule has 1 amide bonds. The molecule has 0 radical (unpaired) electrons. The lowest BCUT2D eigenvalue weighted by Crippen LogP contribution is -2.38. The molecule has 0 aliphatic carbocycles. The van der Waals surface area contributed by atoms with Crippen LogP contribution >= 0.6 is 23.7 Å². The van der Waals surface area contributed by atoms with Gasteiger partial charge in [0.25, 0.3) is 5.91 Å². The van der Waals surface area contributed by atoms with Gasteiger partial charge in [0.05, 0.1) is 15.1 Å². The average molecular weight is 565 g/mol. The van der Waals surface area contributed by atoms with Crippen LogP contribution in [0.1, 0.15) is 47.7 Å². The molecule has 0 saturated carbocycles. The Kier molecular flexibility index (Phi) is 9.74. The van der Waals surface area contributed by atoms with Crippen molar-refractivity contribution < 1.29 is 13.2 Å². The molecule has 2 heterocycles. The van der Waals surface area contributed by atoms with Crippen molar-refractivity contribution in [2.75, 3.05) is 45.2 Å². The molecule has 4 rings (SSSR count). The molecule has 10 heteroatoms. The summed E-state index contributed by atoms with van der Waals surface area (Å²) in [5.74, 6) is 0.378. The molecule has 1 aromatic heterocycles. The number of benzene rings is 2. The van der Waals surface area contributed by atoms with Crippen LogP contribution in [0.15, 0.2) is 41.3 Å². The van der Waals surface area contributed by atoms with Gasteiger partial charge in [0.2, 0.25) is 10.0 Å². The zero-order valence-electron chi connectivity index (χ0n) is 22.2. The third-order valence-electron chi connectivity index (χ3n) is 6.75. The summed E-state index contributed by atoms with van der Waals surface area (Å²) in [6.45, 7) is 8.73. The van der Waals surface area contributed by atoms with E-state index in [-0.39, 0.29) is 23.2 Å². The largest absolute Gasteiger partial charge is 0.309 e. The van der Waals surface area contributed by atoms with Gasteiger partial charge >= 0.3 is 0 Å². The molecule has 0 unspecified atom stereocenters. The molecule has 3 aromatic rings. The first-order valence-corrected chi connectivity index (χ1v) is 14.8. The van der Waals surface area contributed by atoms with E-state index in [0.29, 0.717) is 36.2 Å². The molecule has 7 nitrogen and oxygen atoms in total. The minimum Gasteiger partial charge on any atom is -0.309 e. The number of amides is 1. The summed E-state index contributed by atoms with van der Waals surface area (Å²) >= 11 is 1.53. The SMILES string of the molecule is Cc1cc(C)c2sc(N(CCCN(C)C)C(=O)c3ccc(S(=O)(=O)N4CCC(C)CC4)cc3)nc2c1.Cl. The first-order chi connectivity index (χ1) is 17.1. The van der Waals surface area contributed by atoms with Gasteiger partial charge < -0.3 is 4.90 Å². The van der Waals surface area contributed by atoms with Gasteiger partial charge in [0.1, 0.15) is 0 Å². The summed E-state index contributed by atoms with van der Waals surface area (Å²) in [4.78, 5) is 22.5. The Hall–Kier alpha value is -2.04. The van der Waals surface area contributed by atoms with Crippen molar-refractivity contribution in [1.29, 1.82) is 0 Å². The van der Waals surface area contributed by atoms with E-state index in [9.17, 15) is 13.2 Å². The lowest BCUT2D eigenvalue weighted by Gasteiger charge is -2.29. The minimum absolute atomic E-state index is 0. The molecule has 202 valence electrons. The number of aromatic nitrogens is 1. The molecule has 1 aliphatic heterocycles. The van der Waals surface area contributed by atoms with Crippen molar-refractivity contribution >= 4 is 55.0 Å². The highest BCUT2D eigenvalue weighted by Gasteiger charge is 2.29. The second-order valence-electron chi connectivity index (χ2n) is 10.2. The van der Waals surface area contributed by atoms with Crippen LogP contribution in [0.5, 0.6) is 0 Å². The summed E-state index contributed by atoms with van der Waals surface area (Å²) in [6.07, 6.45) is 2.55. The topological polar surface area (TPSA) is 73.8 Å². The van der Waals surface area contributed by atoms with Crippen LogP contribution in [-0.2, 0) is 10.0 Å². The van der Waals surface area contributed by atoms with Gasteiger partial charge in [0.15, 0.2) is 5.13 Å². The third-order valence-corrected chi connectivity index (χ3v) is 9.90. The maximum absolute atomic E-state index is 13.7. The van der Waals surface area contributed by atoms with E-state index in [4.69, 9.17) is 4.98 Å². The van der Waals surface area contributed by atoms with E-state index in [2.05, 4.69) is 24.8 Å². The van der Waals surface area contributed by atoms with Crippen LogP contribution in [0.25, 0.3) is 10.2 Å². The molecular formula is C27H37ClN4O3S2. The maximum Gasteiger partial charge on any atom is 0.260 e. The smallest absolute Gasteiger partial charge is 0.260 e. The second-order valence-corrected chi connectivity index (χ2v) is 13.1. The minimum atomic E-state index is -3.56. The normalized spacial score (nSPS) is 15.2. The zero-order chi connectivity index (χ0) is 26.0. The predicted molar refractivity (Wildman–Crippen MR) is 155 cm³/mol. The number of carbonyl (C=O) groups is 1.